The van der Waals surface area contributed by atoms with Gasteiger partial charge in [-0.25, -0.2) is 4.79 Å². The summed E-state index contributed by atoms with van der Waals surface area (Å²) in [5, 5.41) is 0. The number of hydrogen-bond donors (Lipinski definition) is 0. The molecule has 110 valence electrons. The van der Waals surface area contributed by atoms with Crippen LogP contribution in [-0.4, -0.2) is 24.6 Å². The number of hydrogen-bond acceptors (Lipinski definition) is 4. The van der Waals surface area contributed by atoms with Crippen LogP contribution in [0.3, 0.4) is 0 Å². The Labute approximate surface area is 119 Å². The molecule has 0 aromatic carbocycles. The summed E-state index contributed by atoms with van der Waals surface area (Å²) in [6.45, 7) is 8.35. The second-order valence-electron chi connectivity index (χ2n) is 7.50. The maximum Gasteiger partial charge on any atom is 0.348 e. The molecule has 1 heterocycles. The van der Waals surface area contributed by atoms with Crippen molar-refractivity contribution in [2.75, 3.05) is 6.61 Å². The van der Waals surface area contributed by atoms with Crippen LogP contribution in [-0.2, 0) is 19.1 Å². The fourth-order valence-electron chi connectivity index (χ4n) is 3.95. The first-order valence-corrected chi connectivity index (χ1v) is 7.29. The molecule has 3 rings (SSSR count). The Bertz CT molecular complexity index is 505. The van der Waals surface area contributed by atoms with Crippen LogP contribution in [0.1, 0.15) is 40.5 Å². The standard InChI is InChI=1S/C16H22O4/c1-9-6-16(4)7-10(9)5-11(16)13(17)20-12-14(18)19-8-15(12,2)3/h6,10-12H,5,7-8H2,1-4H3/t10-,11-,12-,16-/m0/s1. The van der Waals surface area contributed by atoms with Crippen LogP contribution in [0, 0.1) is 22.7 Å². The van der Waals surface area contributed by atoms with Gasteiger partial charge in [0.25, 0.3) is 0 Å². The molecule has 4 atom stereocenters. The highest BCUT2D eigenvalue weighted by Gasteiger charge is 2.54. The van der Waals surface area contributed by atoms with E-state index >= 15 is 0 Å². The van der Waals surface area contributed by atoms with Crippen molar-refractivity contribution in [2.24, 2.45) is 22.7 Å². The van der Waals surface area contributed by atoms with E-state index in [1.807, 2.05) is 13.8 Å². The average Bonchev–Trinajstić information content (AvgIpc) is 2.91. The average molecular weight is 278 g/mol. The molecule has 2 aliphatic carbocycles. The number of carbonyl (C=O) groups is 2. The van der Waals surface area contributed by atoms with Gasteiger partial charge in [-0.2, -0.15) is 0 Å². The van der Waals surface area contributed by atoms with Crippen LogP contribution in [0.5, 0.6) is 0 Å². The van der Waals surface area contributed by atoms with E-state index in [-0.39, 0.29) is 17.3 Å². The fraction of sp³-hybridized carbons (Fsp3) is 0.750. The van der Waals surface area contributed by atoms with Gasteiger partial charge in [-0.05, 0) is 31.1 Å². The third-order valence-electron chi connectivity index (χ3n) is 5.23. The Kier molecular flexibility index (Phi) is 2.79. The first-order valence-electron chi connectivity index (χ1n) is 7.29. The summed E-state index contributed by atoms with van der Waals surface area (Å²) < 4.78 is 10.6. The van der Waals surface area contributed by atoms with Gasteiger partial charge in [0, 0.05) is 5.41 Å². The number of cyclic esters (lactones) is 1. The zero-order chi connectivity index (χ0) is 14.7. The minimum Gasteiger partial charge on any atom is -0.462 e. The van der Waals surface area contributed by atoms with Crippen LogP contribution in [0.15, 0.2) is 11.6 Å². The van der Waals surface area contributed by atoms with Gasteiger partial charge in [-0.15, -0.1) is 0 Å². The summed E-state index contributed by atoms with van der Waals surface area (Å²) in [7, 11) is 0. The normalized spacial score (nSPS) is 41.5. The third kappa shape index (κ3) is 1.88. The van der Waals surface area contributed by atoms with Crippen molar-refractivity contribution in [1.82, 2.24) is 0 Å². The predicted octanol–water partition coefficient (Wildman–Crippen LogP) is 2.47. The van der Waals surface area contributed by atoms with Crippen molar-refractivity contribution in [3.63, 3.8) is 0 Å². The molecule has 0 aromatic heterocycles. The molecule has 0 radical (unpaired) electrons. The molecule has 1 saturated heterocycles. The molecular formula is C16H22O4. The van der Waals surface area contributed by atoms with Gasteiger partial charge in [0.05, 0.1) is 5.92 Å². The molecule has 0 unspecified atom stereocenters. The maximum atomic E-state index is 12.5. The van der Waals surface area contributed by atoms with Gasteiger partial charge >= 0.3 is 11.9 Å². The molecule has 0 aromatic rings. The van der Waals surface area contributed by atoms with E-state index in [4.69, 9.17) is 9.47 Å². The van der Waals surface area contributed by atoms with Crippen LogP contribution in [0.25, 0.3) is 0 Å². The largest absolute Gasteiger partial charge is 0.462 e. The third-order valence-corrected chi connectivity index (χ3v) is 5.23. The molecule has 0 spiro atoms. The van der Waals surface area contributed by atoms with Crippen LogP contribution in [0.4, 0.5) is 0 Å². The lowest BCUT2D eigenvalue weighted by Gasteiger charge is -2.30. The summed E-state index contributed by atoms with van der Waals surface area (Å²) in [4.78, 5) is 24.2. The van der Waals surface area contributed by atoms with Crippen LogP contribution >= 0.6 is 0 Å². The van der Waals surface area contributed by atoms with Crippen molar-refractivity contribution in [2.45, 2.75) is 46.6 Å². The summed E-state index contributed by atoms with van der Waals surface area (Å²) in [5.41, 5.74) is 0.854. The fourth-order valence-corrected chi connectivity index (χ4v) is 3.95. The van der Waals surface area contributed by atoms with E-state index in [0.29, 0.717) is 12.5 Å². The quantitative estimate of drug-likeness (QED) is 0.575. The molecule has 2 bridgehead atoms. The molecule has 0 amide bonds. The summed E-state index contributed by atoms with van der Waals surface area (Å²) >= 11 is 0. The number of fused-ring (bicyclic) bond motifs is 2. The van der Waals surface area contributed by atoms with E-state index in [0.717, 1.165) is 12.8 Å². The number of esters is 2. The lowest BCUT2D eigenvalue weighted by molar-refractivity contribution is -0.168. The van der Waals surface area contributed by atoms with E-state index < -0.39 is 17.5 Å². The van der Waals surface area contributed by atoms with Gasteiger partial charge < -0.3 is 9.47 Å². The highest BCUT2D eigenvalue weighted by Crippen LogP contribution is 2.56. The number of carbonyl (C=O) groups excluding carboxylic acids is 2. The first kappa shape index (κ1) is 13.7. The van der Waals surface area contributed by atoms with E-state index in [1.54, 1.807) is 0 Å². The highest BCUT2D eigenvalue weighted by molar-refractivity contribution is 5.83. The predicted molar refractivity (Wildman–Crippen MR) is 72.7 cm³/mol. The maximum absolute atomic E-state index is 12.5. The Morgan fingerprint density at radius 1 is 1.40 bits per heavy atom. The molecule has 4 nitrogen and oxygen atoms in total. The second-order valence-corrected chi connectivity index (χ2v) is 7.50. The summed E-state index contributed by atoms with van der Waals surface area (Å²) in [5.74, 6) is -0.277. The monoisotopic (exact) mass is 278 g/mol. The van der Waals surface area contributed by atoms with E-state index in [1.165, 1.54) is 5.57 Å². The minimum atomic E-state index is -0.761. The molecule has 1 saturated carbocycles. The van der Waals surface area contributed by atoms with Crippen molar-refractivity contribution < 1.29 is 19.1 Å². The Morgan fingerprint density at radius 3 is 2.55 bits per heavy atom. The summed E-state index contributed by atoms with van der Waals surface area (Å²) in [6, 6.07) is 0. The SMILES string of the molecule is CC1=C[C@@]2(C)C[C@@H]1C[C@H]2C(=O)O[C@H]1C(=O)OCC1(C)C. The molecule has 3 aliphatic rings. The van der Waals surface area contributed by atoms with Gasteiger partial charge in [0.2, 0.25) is 6.10 Å². The minimum absolute atomic E-state index is 0.0987. The molecule has 0 N–H and O–H groups in total. The number of rotatable bonds is 2. The molecule has 2 fully saturated rings. The Morgan fingerprint density at radius 2 is 2.10 bits per heavy atom. The van der Waals surface area contributed by atoms with E-state index in [2.05, 4.69) is 19.9 Å². The Balaban J connectivity index is 1.74. The van der Waals surface area contributed by atoms with Gasteiger partial charge in [-0.1, -0.05) is 32.4 Å². The van der Waals surface area contributed by atoms with Crippen LogP contribution < -0.4 is 0 Å². The number of ether oxygens (including phenoxy) is 2. The van der Waals surface area contributed by atoms with Gasteiger partial charge in [0.1, 0.15) is 6.61 Å². The topological polar surface area (TPSA) is 52.6 Å². The lowest BCUT2D eigenvalue weighted by Crippen LogP contribution is -2.39. The van der Waals surface area contributed by atoms with Crippen molar-refractivity contribution in [3.05, 3.63) is 11.6 Å². The van der Waals surface area contributed by atoms with E-state index in [9.17, 15) is 9.59 Å². The first-order chi connectivity index (χ1) is 9.23. The van der Waals surface area contributed by atoms with Crippen molar-refractivity contribution in [3.8, 4) is 0 Å². The Hall–Kier alpha value is -1.32. The zero-order valence-corrected chi connectivity index (χ0v) is 12.6. The summed E-state index contributed by atoms with van der Waals surface area (Å²) in [6.07, 6.45) is 3.32. The molecular weight excluding hydrogens is 256 g/mol. The molecule has 4 heteroatoms. The van der Waals surface area contributed by atoms with Crippen molar-refractivity contribution in [1.29, 1.82) is 0 Å². The smallest absolute Gasteiger partial charge is 0.348 e. The zero-order valence-electron chi connectivity index (χ0n) is 12.6. The van der Waals surface area contributed by atoms with Crippen molar-refractivity contribution >= 4 is 11.9 Å². The van der Waals surface area contributed by atoms with Crippen LogP contribution in [0.2, 0.25) is 0 Å². The van der Waals surface area contributed by atoms with Gasteiger partial charge in [0.15, 0.2) is 0 Å². The molecule has 1 aliphatic heterocycles. The number of allylic oxidation sites excluding steroid dienone is 2. The van der Waals surface area contributed by atoms with Gasteiger partial charge in [-0.3, -0.25) is 4.79 Å². The second kappa shape index (κ2) is 4.09. The lowest BCUT2D eigenvalue weighted by atomic mass is 9.78. The molecule has 20 heavy (non-hydrogen) atoms. The highest BCUT2D eigenvalue weighted by atomic mass is 16.6.